The van der Waals surface area contributed by atoms with Gasteiger partial charge in [0, 0.05) is 37.8 Å². The number of alkyl halides is 1. The van der Waals surface area contributed by atoms with Crippen molar-refractivity contribution in [3.63, 3.8) is 0 Å². The van der Waals surface area contributed by atoms with Crippen molar-refractivity contribution in [3.8, 4) is 0 Å². The van der Waals surface area contributed by atoms with Gasteiger partial charge in [-0.05, 0) is 12.1 Å². The number of carbonyl (C=O) groups excluding carboxylic acids is 1. The fraction of sp³-hybridized carbons (Fsp3) is 0.455. The zero-order valence-corrected chi connectivity index (χ0v) is 9.15. The fourth-order valence-electron chi connectivity index (χ4n) is 1.74. The Morgan fingerprint density at radius 1 is 1.53 bits per heavy atom. The summed E-state index contributed by atoms with van der Waals surface area (Å²) in [5.41, 5.74) is 1.02. The Kier molecular flexibility index (Phi) is 3.21. The molecule has 4 heteroatoms. The van der Waals surface area contributed by atoms with Gasteiger partial charge in [0.2, 0.25) is 5.91 Å². The van der Waals surface area contributed by atoms with Crippen LogP contribution in [-0.2, 0) is 11.2 Å². The second-order valence-corrected chi connectivity index (χ2v) is 4.33. The highest BCUT2D eigenvalue weighted by molar-refractivity contribution is 6.22. The first-order chi connectivity index (χ1) is 7.25. The van der Waals surface area contributed by atoms with Crippen molar-refractivity contribution in [2.24, 2.45) is 0 Å². The summed E-state index contributed by atoms with van der Waals surface area (Å²) in [5, 5.41) is -0.0127. The molecule has 1 atom stereocenters. The van der Waals surface area contributed by atoms with Crippen LogP contribution in [0.15, 0.2) is 24.4 Å². The van der Waals surface area contributed by atoms with E-state index in [0.29, 0.717) is 13.0 Å². The Morgan fingerprint density at radius 3 is 3.00 bits per heavy atom. The predicted molar refractivity (Wildman–Crippen MR) is 58.8 cm³/mol. The van der Waals surface area contributed by atoms with E-state index < -0.39 is 0 Å². The first-order valence-electron chi connectivity index (χ1n) is 5.07. The molecule has 1 saturated heterocycles. The van der Waals surface area contributed by atoms with Gasteiger partial charge in [-0.25, -0.2) is 0 Å². The molecule has 0 bridgehead atoms. The van der Waals surface area contributed by atoms with Crippen LogP contribution in [0.5, 0.6) is 0 Å². The number of pyridine rings is 1. The molecule has 0 aliphatic carbocycles. The first-order valence-corrected chi connectivity index (χ1v) is 5.51. The van der Waals surface area contributed by atoms with Crippen molar-refractivity contribution in [2.45, 2.75) is 18.2 Å². The van der Waals surface area contributed by atoms with Crippen LogP contribution < -0.4 is 0 Å². The molecule has 0 N–H and O–H groups in total. The third kappa shape index (κ3) is 2.69. The van der Waals surface area contributed by atoms with Gasteiger partial charge in [0.15, 0.2) is 0 Å². The number of halogens is 1. The molecule has 1 fully saturated rings. The summed E-state index contributed by atoms with van der Waals surface area (Å²) in [6, 6.07) is 5.82. The van der Waals surface area contributed by atoms with Crippen LogP contribution in [0.2, 0.25) is 0 Å². The van der Waals surface area contributed by atoms with Crippen LogP contribution in [0, 0.1) is 0 Å². The average Bonchev–Trinajstić information content (AvgIpc) is 2.56. The van der Waals surface area contributed by atoms with Crippen LogP contribution in [-0.4, -0.2) is 34.3 Å². The Balaban J connectivity index is 1.86. The monoisotopic (exact) mass is 224 g/mol. The van der Waals surface area contributed by atoms with Gasteiger partial charge in [0.1, 0.15) is 0 Å². The van der Waals surface area contributed by atoms with E-state index in [4.69, 9.17) is 11.6 Å². The summed E-state index contributed by atoms with van der Waals surface area (Å²) in [6.07, 6.45) is 3.05. The smallest absolute Gasteiger partial charge is 0.224 e. The van der Waals surface area contributed by atoms with E-state index in [-0.39, 0.29) is 11.3 Å². The van der Waals surface area contributed by atoms with E-state index in [9.17, 15) is 4.79 Å². The van der Waals surface area contributed by atoms with Crippen molar-refractivity contribution in [3.05, 3.63) is 30.1 Å². The van der Waals surface area contributed by atoms with E-state index in [1.807, 2.05) is 23.1 Å². The Labute approximate surface area is 94.1 Å². The van der Waals surface area contributed by atoms with Gasteiger partial charge < -0.3 is 4.90 Å². The summed E-state index contributed by atoms with van der Waals surface area (Å²) in [6.45, 7) is 1.40. The second kappa shape index (κ2) is 4.62. The maximum atomic E-state index is 11.4. The molecule has 0 spiro atoms. The van der Waals surface area contributed by atoms with E-state index in [2.05, 4.69) is 4.98 Å². The number of nitrogens with zero attached hydrogens (tertiary/aromatic N) is 2. The van der Waals surface area contributed by atoms with Gasteiger partial charge >= 0.3 is 0 Å². The predicted octanol–water partition coefficient (Wildman–Crippen LogP) is 1.46. The molecular formula is C11H13ClN2O. The molecule has 1 aliphatic heterocycles. The number of likely N-dealkylation sites (tertiary alicyclic amines) is 1. The maximum Gasteiger partial charge on any atom is 0.224 e. The lowest BCUT2D eigenvalue weighted by molar-refractivity contribution is -0.127. The van der Waals surface area contributed by atoms with Gasteiger partial charge in [-0.15, -0.1) is 11.6 Å². The van der Waals surface area contributed by atoms with Crippen LogP contribution in [0.1, 0.15) is 12.1 Å². The summed E-state index contributed by atoms with van der Waals surface area (Å²) >= 11 is 5.91. The molecule has 1 aliphatic rings. The van der Waals surface area contributed by atoms with Crippen molar-refractivity contribution in [1.29, 1.82) is 0 Å². The van der Waals surface area contributed by atoms with E-state index in [1.54, 1.807) is 6.20 Å². The van der Waals surface area contributed by atoms with E-state index in [1.165, 1.54) is 0 Å². The minimum atomic E-state index is -0.0127. The number of hydrogen-bond acceptors (Lipinski definition) is 2. The topological polar surface area (TPSA) is 33.2 Å². The normalized spacial score (nSPS) is 21.0. The lowest BCUT2D eigenvalue weighted by atomic mass is 10.2. The summed E-state index contributed by atoms with van der Waals surface area (Å²) in [7, 11) is 0. The number of aromatic nitrogens is 1. The second-order valence-electron chi connectivity index (χ2n) is 3.71. The number of rotatable bonds is 3. The van der Waals surface area contributed by atoms with Crippen molar-refractivity contribution < 1.29 is 4.79 Å². The summed E-state index contributed by atoms with van der Waals surface area (Å²) in [4.78, 5) is 17.5. The minimum Gasteiger partial charge on any atom is -0.341 e. The third-order valence-electron chi connectivity index (χ3n) is 2.53. The first kappa shape index (κ1) is 10.4. The fourth-order valence-corrected chi connectivity index (χ4v) is 2.03. The molecule has 0 saturated carbocycles. The number of hydrogen-bond donors (Lipinski definition) is 0. The van der Waals surface area contributed by atoms with Crippen LogP contribution in [0.4, 0.5) is 0 Å². The lowest BCUT2D eigenvalue weighted by Gasteiger charge is -2.14. The van der Waals surface area contributed by atoms with Crippen molar-refractivity contribution >= 4 is 17.5 Å². The Hall–Kier alpha value is -1.09. The molecule has 1 unspecified atom stereocenters. The van der Waals surface area contributed by atoms with E-state index in [0.717, 1.165) is 18.7 Å². The molecule has 3 nitrogen and oxygen atoms in total. The van der Waals surface area contributed by atoms with Crippen LogP contribution >= 0.6 is 11.6 Å². The highest BCUT2D eigenvalue weighted by Gasteiger charge is 2.27. The number of amides is 1. The highest BCUT2D eigenvalue weighted by atomic mass is 35.5. The molecule has 1 amide bonds. The summed E-state index contributed by atoms with van der Waals surface area (Å²) in [5.74, 6) is 0.158. The summed E-state index contributed by atoms with van der Waals surface area (Å²) < 4.78 is 0. The zero-order valence-electron chi connectivity index (χ0n) is 8.40. The van der Waals surface area contributed by atoms with Gasteiger partial charge in [-0.2, -0.15) is 0 Å². The van der Waals surface area contributed by atoms with Gasteiger partial charge in [-0.1, -0.05) is 6.07 Å². The van der Waals surface area contributed by atoms with Crippen molar-refractivity contribution in [1.82, 2.24) is 9.88 Å². The highest BCUT2D eigenvalue weighted by Crippen LogP contribution is 2.16. The average molecular weight is 225 g/mol. The Bertz CT molecular complexity index is 342. The van der Waals surface area contributed by atoms with Gasteiger partial charge in [0.25, 0.3) is 0 Å². The maximum absolute atomic E-state index is 11.4. The number of carbonyl (C=O) groups is 1. The quantitative estimate of drug-likeness (QED) is 0.729. The standard InChI is InChI=1S/C11H13ClN2O/c12-9-7-11(15)14(8-9)6-4-10-3-1-2-5-13-10/h1-3,5,9H,4,6-8H2. The molecule has 0 radical (unpaired) electrons. The SMILES string of the molecule is O=C1CC(Cl)CN1CCc1ccccn1. The van der Waals surface area contributed by atoms with Gasteiger partial charge in [-0.3, -0.25) is 9.78 Å². The van der Waals surface area contributed by atoms with E-state index >= 15 is 0 Å². The lowest BCUT2D eigenvalue weighted by Crippen LogP contribution is -2.27. The molecule has 2 rings (SSSR count). The molecular weight excluding hydrogens is 212 g/mol. The van der Waals surface area contributed by atoms with Crippen LogP contribution in [0.25, 0.3) is 0 Å². The molecule has 1 aromatic rings. The van der Waals surface area contributed by atoms with Crippen LogP contribution in [0.3, 0.4) is 0 Å². The van der Waals surface area contributed by atoms with Crippen molar-refractivity contribution in [2.75, 3.05) is 13.1 Å². The minimum absolute atomic E-state index is 0.0127. The molecule has 0 aromatic carbocycles. The third-order valence-corrected chi connectivity index (χ3v) is 2.82. The molecule has 1 aromatic heterocycles. The Morgan fingerprint density at radius 2 is 2.40 bits per heavy atom. The molecule has 15 heavy (non-hydrogen) atoms. The largest absolute Gasteiger partial charge is 0.341 e. The van der Waals surface area contributed by atoms with Gasteiger partial charge in [0.05, 0.1) is 5.38 Å². The molecule has 2 heterocycles. The zero-order chi connectivity index (χ0) is 10.7. The molecule has 80 valence electrons.